The number of nitrogens with zero attached hydrogens (tertiary/aromatic N) is 4. The number of hydrogen-bond donors (Lipinski definition) is 1. The molecule has 0 radical (unpaired) electrons. The Hall–Kier alpha value is -3.67. The molecule has 0 bridgehead atoms. The Morgan fingerprint density at radius 3 is 2.76 bits per heavy atom. The summed E-state index contributed by atoms with van der Waals surface area (Å²) in [7, 11) is 1.60. The van der Waals surface area contributed by atoms with Crippen LogP contribution >= 0.6 is 0 Å². The number of ether oxygens (including phenoxy) is 1. The second-order valence-corrected chi connectivity index (χ2v) is 7.20. The number of aromatic nitrogens is 4. The Morgan fingerprint density at radius 2 is 1.93 bits per heavy atom. The first kappa shape index (κ1) is 17.4. The number of benzene rings is 2. The van der Waals surface area contributed by atoms with Gasteiger partial charge in [0.2, 0.25) is 5.88 Å². The molecule has 0 saturated heterocycles. The van der Waals surface area contributed by atoms with Gasteiger partial charge in [-0.05, 0) is 50.1 Å². The molecule has 2 aromatic carbocycles. The second kappa shape index (κ2) is 7.05. The van der Waals surface area contributed by atoms with Crippen molar-refractivity contribution in [1.82, 2.24) is 19.7 Å². The molecule has 144 valence electrons. The van der Waals surface area contributed by atoms with Crippen LogP contribution in [0, 0.1) is 0 Å². The van der Waals surface area contributed by atoms with E-state index in [4.69, 9.17) is 4.74 Å². The van der Waals surface area contributed by atoms with Crippen molar-refractivity contribution in [3.63, 3.8) is 0 Å². The zero-order valence-electron chi connectivity index (χ0n) is 16.4. The summed E-state index contributed by atoms with van der Waals surface area (Å²) < 4.78 is 7.48. The second-order valence-electron chi connectivity index (χ2n) is 7.20. The largest absolute Gasteiger partial charge is 0.479 e. The number of hydrogen-bond acceptors (Lipinski definition) is 5. The lowest BCUT2D eigenvalue weighted by Gasteiger charge is -2.13. The maximum absolute atomic E-state index is 5.33. The Bertz CT molecular complexity index is 1290. The summed E-state index contributed by atoms with van der Waals surface area (Å²) in [5.41, 5.74) is 5.50. The van der Waals surface area contributed by atoms with Crippen molar-refractivity contribution in [3.05, 3.63) is 66.5 Å². The molecular formula is C23H21N5O. The van der Waals surface area contributed by atoms with E-state index < -0.39 is 0 Å². The van der Waals surface area contributed by atoms with Crippen molar-refractivity contribution < 1.29 is 4.74 Å². The fraction of sp³-hybridized carbons (Fsp3) is 0.174. The molecule has 0 fully saturated rings. The molecular weight excluding hydrogens is 362 g/mol. The summed E-state index contributed by atoms with van der Waals surface area (Å²) in [4.78, 5) is 4.61. The minimum Gasteiger partial charge on any atom is -0.479 e. The summed E-state index contributed by atoms with van der Waals surface area (Å²) in [5, 5.41) is 13.8. The predicted molar refractivity (Wildman–Crippen MR) is 116 cm³/mol. The van der Waals surface area contributed by atoms with Gasteiger partial charge in [-0.2, -0.15) is 0 Å². The lowest BCUT2D eigenvalue weighted by atomic mass is 10.0. The molecule has 0 spiro atoms. The van der Waals surface area contributed by atoms with E-state index >= 15 is 0 Å². The average Bonchev–Trinajstić information content (AvgIpc) is 3.17. The third kappa shape index (κ3) is 3.12. The van der Waals surface area contributed by atoms with Gasteiger partial charge in [-0.1, -0.05) is 29.8 Å². The number of allylic oxidation sites excluding steroid dienone is 4. The molecule has 0 amide bonds. The monoisotopic (exact) mass is 383 g/mol. The number of nitrogens with one attached hydrogen (secondary N) is 1. The Kier molecular flexibility index (Phi) is 4.24. The molecule has 1 aliphatic carbocycles. The van der Waals surface area contributed by atoms with Crippen LogP contribution in [0.15, 0.2) is 66.5 Å². The van der Waals surface area contributed by atoms with Gasteiger partial charge in [-0.15, -0.1) is 10.2 Å². The Morgan fingerprint density at radius 1 is 1.07 bits per heavy atom. The lowest BCUT2D eigenvalue weighted by molar-refractivity contribution is 0.398. The van der Waals surface area contributed by atoms with Gasteiger partial charge in [-0.25, -0.2) is 4.98 Å². The van der Waals surface area contributed by atoms with Crippen LogP contribution in [0.2, 0.25) is 0 Å². The van der Waals surface area contributed by atoms with Crippen LogP contribution in [0.25, 0.3) is 27.5 Å². The first-order chi connectivity index (χ1) is 14.2. The normalized spacial score (nSPS) is 14.0. The van der Waals surface area contributed by atoms with Gasteiger partial charge in [0, 0.05) is 22.2 Å². The summed E-state index contributed by atoms with van der Waals surface area (Å²) in [6.45, 7) is 2.17. The molecule has 0 saturated carbocycles. The molecule has 5 rings (SSSR count). The fourth-order valence-electron chi connectivity index (χ4n) is 3.75. The van der Waals surface area contributed by atoms with Gasteiger partial charge >= 0.3 is 0 Å². The molecule has 0 aliphatic heterocycles. The molecule has 6 nitrogen and oxygen atoms in total. The van der Waals surface area contributed by atoms with Crippen LogP contribution in [0.1, 0.15) is 19.8 Å². The Labute approximate surface area is 168 Å². The molecule has 0 unspecified atom stereocenters. The van der Waals surface area contributed by atoms with Gasteiger partial charge in [0.15, 0.2) is 5.82 Å². The molecule has 1 N–H and O–H groups in total. The molecule has 29 heavy (non-hydrogen) atoms. The molecule has 1 aliphatic rings. The maximum Gasteiger partial charge on any atom is 0.241 e. The summed E-state index contributed by atoms with van der Waals surface area (Å²) in [6.07, 6.45) is 8.58. The maximum atomic E-state index is 5.33. The summed E-state index contributed by atoms with van der Waals surface area (Å²) in [6, 6.07) is 14.1. The first-order valence-corrected chi connectivity index (χ1v) is 9.64. The van der Waals surface area contributed by atoms with E-state index in [0.29, 0.717) is 11.7 Å². The van der Waals surface area contributed by atoms with Crippen molar-refractivity contribution in [2.24, 2.45) is 0 Å². The molecule has 2 heterocycles. The molecule has 6 heteroatoms. The number of imidazole rings is 1. The van der Waals surface area contributed by atoms with E-state index in [-0.39, 0.29) is 0 Å². The van der Waals surface area contributed by atoms with Crippen LogP contribution < -0.4 is 10.1 Å². The van der Waals surface area contributed by atoms with Crippen LogP contribution in [-0.2, 0) is 0 Å². The van der Waals surface area contributed by atoms with E-state index in [0.717, 1.165) is 40.3 Å². The molecule has 4 aromatic rings. The van der Waals surface area contributed by atoms with Gasteiger partial charge in [-0.3, -0.25) is 4.57 Å². The minimum absolute atomic E-state index is 0.518. The van der Waals surface area contributed by atoms with Crippen molar-refractivity contribution in [1.29, 1.82) is 0 Å². The SMILES string of the molecule is COc1nnc(Nc2ccc3c(c2)ncn3C2=CCCC(C)=C2)c2ccccc12. The highest BCUT2D eigenvalue weighted by Gasteiger charge is 2.12. The predicted octanol–water partition coefficient (Wildman–Crippen LogP) is 5.31. The van der Waals surface area contributed by atoms with Crippen molar-refractivity contribution in [2.45, 2.75) is 19.8 Å². The summed E-state index contributed by atoms with van der Waals surface area (Å²) in [5.74, 6) is 1.21. The van der Waals surface area contributed by atoms with E-state index in [1.807, 2.05) is 42.7 Å². The van der Waals surface area contributed by atoms with E-state index in [1.165, 1.54) is 11.3 Å². The smallest absolute Gasteiger partial charge is 0.241 e. The van der Waals surface area contributed by atoms with E-state index in [1.54, 1.807) is 7.11 Å². The van der Waals surface area contributed by atoms with E-state index in [9.17, 15) is 0 Å². The van der Waals surface area contributed by atoms with Gasteiger partial charge in [0.05, 0.1) is 18.1 Å². The van der Waals surface area contributed by atoms with Crippen molar-refractivity contribution in [2.75, 3.05) is 12.4 Å². The highest BCUT2D eigenvalue weighted by atomic mass is 16.5. The highest BCUT2D eigenvalue weighted by molar-refractivity contribution is 5.96. The standard InChI is InChI=1S/C23H21N5O/c1-15-6-5-7-17(12-15)28-14-24-20-13-16(10-11-21(20)28)25-22-18-8-3-4-9-19(18)23(29-2)27-26-22/h3-4,7-14H,5-6H2,1-2H3,(H,25,26). The van der Waals surface area contributed by atoms with Crippen LogP contribution in [-0.4, -0.2) is 26.9 Å². The van der Waals surface area contributed by atoms with Crippen molar-refractivity contribution in [3.8, 4) is 5.88 Å². The van der Waals surface area contributed by atoms with Gasteiger partial charge in [0.25, 0.3) is 0 Å². The number of methoxy groups -OCH3 is 1. The minimum atomic E-state index is 0.518. The van der Waals surface area contributed by atoms with Crippen molar-refractivity contribution >= 4 is 39.0 Å². The number of fused-ring (bicyclic) bond motifs is 2. The third-order valence-corrected chi connectivity index (χ3v) is 5.22. The van der Waals surface area contributed by atoms with Gasteiger partial charge < -0.3 is 10.1 Å². The Balaban J connectivity index is 1.51. The zero-order chi connectivity index (χ0) is 19.8. The lowest BCUT2D eigenvalue weighted by Crippen LogP contribution is -2.00. The van der Waals surface area contributed by atoms with Crippen LogP contribution in [0.4, 0.5) is 11.5 Å². The first-order valence-electron chi connectivity index (χ1n) is 9.64. The highest BCUT2D eigenvalue weighted by Crippen LogP contribution is 2.30. The quantitative estimate of drug-likeness (QED) is 0.517. The van der Waals surface area contributed by atoms with Crippen LogP contribution in [0.3, 0.4) is 0 Å². The zero-order valence-corrected chi connectivity index (χ0v) is 16.4. The van der Waals surface area contributed by atoms with Crippen LogP contribution in [0.5, 0.6) is 5.88 Å². The molecule has 0 atom stereocenters. The number of rotatable bonds is 4. The van der Waals surface area contributed by atoms with Gasteiger partial charge in [0.1, 0.15) is 6.33 Å². The third-order valence-electron chi connectivity index (χ3n) is 5.22. The topological polar surface area (TPSA) is 64.9 Å². The number of anilines is 2. The average molecular weight is 383 g/mol. The summed E-state index contributed by atoms with van der Waals surface area (Å²) >= 11 is 0. The molecule has 2 aromatic heterocycles. The fourth-order valence-corrected chi connectivity index (χ4v) is 3.75. The van der Waals surface area contributed by atoms with E-state index in [2.05, 4.69) is 50.2 Å².